The van der Waals surface area contributed by atoms with Crippen molar-refractivity contribution in [3.05, 3.63) is 35.6 Å². The topological polar surface area (TPSA) is 51.4 Å². The van der Waals surface area contributed by atoms with Gasteiger partial charge in [-0.05, 0) is 6.08 Å². The summed E-state index contributed by atoms with van der Waals surface area (Å²) in [6, 6.07) is 0. The van der Waals surface area contributed by atoms with Crippen LogP contribution in [0, 0.1) is 5.41 Å². The Kier molecular flexibility index (Phi) is 2.83. The minimum atomic E-state index is -0.772. The Hall–Kier alpha value is -1.88. The van der Waals surface area contributed by atoms with E-state index in [0.717, 1.165) is 29.4 Å². The molecule has 20 heavy (non-hydrogen) atoms. The third-order valence-corrected chi connectivity index (χ3v) is 3.76. The number of aliphatic hydroxyl groups is 1. The lowest BCUT2D eigenvalue weighted by Crippen LogP contribution is -2.46. The number of aliphatic hydroxyl groups excluding tert-OH is 1. The molecule has 0 saturated heterocycles. The highest BCUT2D eigenvalue weighted by Gasteiger charge is 2.38. The van der Waals surface area contributed by atoms with E-state index < -0.39 is 6.35 Å². The highest BCUT2D eigenvalue weighted by Crippen LogP contribution is 2.32. The zero-order chi connectivity index (χ0) is 14.5. The molecule has 3 rings (SSSR count). The van der Waals surface area contributed by atoms with Crippen LogP contribution in [-0.2, 0) is 0 Å². The fraction of sp³-hybridized carbons (Fsp3) is 0.467. The lowest BCUT2D eigenvalue weighted by atomic mass is 9.93. The van der Waals surface area contributed by atoms with Gasteiger partial charge in [-0.3, -0.25) is 9.91 Å². The summed E-state index contributed by atoms with van der Waals surface area (Å²) < 4.78 is 0. The fourth-order valence-electron chi connectivity index (χ4n) is 2.52. The minimum Gasteiger partial charge on any atom is -0.355 e. The molecule has 2 heterocycles. The smallest absolute Gasteiger partial charge is 0.229 e. The SMILES string of the molecule is CCC1=NC2=C(C=CC(C)(C)C=C2)C2=NN(C)C(O)N12. The summed E-state index contributed by atoms with van der Waals surface area (Å²) in [7, 11) is 1.77. The van der Waals surface area contributed by atoms with Crippen LogP contribution in [0.2, 0.25) is 0 Å². The summed E-state index contributed by atoms with van der Waals surface area (Å²) in [6.07, 6.45) is 8.38. The number of rotatable bonds is 1. The zero-order valence-electron chi connectivity index (χ0n) is 12.3. The number of allylic oxidation sites excluding steroid dienone is 3. The molecule has 0 saturated carbocycles. The van der Waals surface area contributed by atoms with Gasteiger partial charge in [0.2, 0.25) is 6.35 Å². The number of hydrazone groups is 1. The van der Waals surface area contributed by atoms with E-state index in [2.05, 4.69) is 43.3 Å². The third kappa shape index (κ3) is 1.89. The van der Waals surface area contributed by atoms with Crippen LogP contribution >= 0.6 is 0 Å². The summed E-state index contributed by atoms with van der Waals surface area (Å²) in [5.74, 6) is 1.62. The van der Waals surface area contributed by atoms with E-state index in [1.807, 2.05) is 6.92 Å². The van der Waals surface area contributed by atoms with Crippen molar-refractivity contribution < 1.29 is 5.11 Å². The minimum absolute atomic E-state index is 0.00620. The van der Waals surface area contributed by atoms with Gasteiger partial charge < -0.3 is 5.11 Å². The van der Waals surface area contributed by atoms with Gasteiger partial charge in [-0.25, -0.2) is 4.99 Å². The van der Waals surface area contributed by atoms with Crippen LogP contribution in [0.3, 0.4) is 0 Å². The van der Waals surface area contributed by atoms with Crippen LogP contribution in [0.15, 0.2) is 45.7 Å². The van der Waals surface area contributed by atoms with Gasteiger partial charge in [0, 0.05) is 24.5 Å². The van der Waals surface area contributed by atoms with Crippen LogP contribution in [0.5, 0.6) is 0 Å². The molecule has 1 atom stereocenters. The molecule has 5 nitrogen and oxygen atoms in total. The molecule has 0 spiro atoms. The van der Waals surface area contributed by atoms with Crippen molar-refractivity contribution in [1.29, 1.82) is 0 Å². The van der Waals surface area contributed by atoms with Gasteiger partial charge in [0.25, 0.3) is 0 Å². The maximum atomic E-state index is 10.2. The monoisotopic (exact) mass is 272 g/mol. The van der Waals surface area contributed by atoms with Crippen molar-refractivity contribution in [2.75, 3.05) is 7.05 Å². The normalized spacial score (nSPS) is 27.1. The Balaban J connectivity index is 2.14. The maximum absolute atomic E-state index is 10.2. The molecule has 1 unspecified atom stereocenters. The number of amidine groups is 2. The van der Waals surface area contributed by atoms with Gasteiger partial charge in [-0.2, -0.15) is 5.10 Å². The molecule has 1 N–H and O–H groups in total. The standard InChI is InChI=1S/C15H20N4O/c1-5-12-16-11-7-9-15(2,3)8-6-10(11)13-17-18(4)14(20)19(12)13/h6-9,14,20H,5H2,1-4H3. The zero-order valence-corrected chi connectivity index (χ0v) is 12.3. The Bertz CT molecular complexity index is 595. The van der Waals surface area contributed by atoms with Crippen molar-refractivity contribution in [2.24, 2.45) is 15.5 Å². The molecular formula is C15H20N4O. The molecule has 0 aromatic heterocycles. The molecule has 0 fully saturated rings. The number of hydrogen-bond acceptors (Lipinski definition) is 5. The average molecular weight is 272 g/mol. The van der Waals surface area contributed by atoms with E-state index in [-0.39, 0.29) is 5.41 Å². The fourth-order valence-corrected chi connectivity index (χ4v) is 2.52. The first kappa shape index (κ1) is 13.1. The predicted octanol–water partition coefficient (Wildman–Crippen LogP) is 2.05. The molecule has 5 heteroatoms. The lowest BCUT2D eigenvalue weighted by Gasteiger charge is -2.29. The van der Waals surface area contributed by atoms with Gasteiger partial charge >= 0.3 is 0 Å². The predicted molar refractivity (Wildman–Crippen MR) is 79.9 cm³/mol. The van der Waals surface area contributed by atoms with E-state index in [1.165, 1.54) is 0 Å². The number of nitrogens with zero attached hydrogens (tertiary/aromatic N) is 4. The lowest BCUT2D eigenvalue weighted by molar-refractivity contribution is -0.0187. The second-order valence-corrected chi connectivity index (χ2v) is 5.88. The molecule has 0 aromatic rings. The largest absolute Gasteiger partial charge is 0.355 e. The van der Waals surface area contributed by atoms with E-state index in [4.69, 9.17) is 4.99 Å². The van der Waals surface area contributed by atoms with Crippen molar-refractivity contribution in [3.8, 4) is 0 Å². The molecule has 2 aliphatic heterocycles. The summed E-state index contributed by atoms with van der Waals surface area (Å²) in [5, 5.41) is 16.3. The summed E-state index contributed by atoms with van der Waals surface area (Å²) in [6.45, 7) is 6.34. The first-order valence-electron chi connectivity index (χ1n) is 6.92. The van der Waals surface area contributed by atoms with Gasteiger partial charge in [-0.1, -0.05) is 39.0 Å². The van der Waals surface area contributed by atoms with Crippen LogP contribution in [0.1, 0.15) is 27.2 Å². The third-order valence-electron chi connectivity index (χ3n) is 3.76. The van der Waals surface area contributed by atoms with Crippen molar-refractivity contribution in [3.63, 3.8) is 0 Å². The van der Waals surface area contributed by atoms with Gasteiger partial charge in [-0.15, -0.1) is 0 Å². The Morgan fingerprint density at radius 1 is 1.30 bits per heavy atom. The van der Waals surface area contributed by atoms with Crippen molar-refractivity contribution in [2.45, 2.75) is 33.5 Å². The average Bonchev–Trinajstić information content (AvgIpc) is 2.60. The van der Waals surface area contributed by atoms with Crippen LogP contribution in [0.25, 0.3) is 0 Å². The van der Waals surface area contributed by atoms with Gasteiger partial charge in [0.05, 0.1) is 5.70 Å². The molecule has 1 aliphatic carbocycles. The summed E-state index contributed by atoms with van der Waals surface area (Å²) >= 11 is 0. The second-order valence-electron chi connectivity index (χ2n) is 5.88. The van der Waals surface area contributed by atoms with Crippen LogP contribution < -0.4 is 0 Å². The Labute approximate surface area is 119 Å². The molecule has 0 amide bonds. The first-order valence-corrected chi connectivity index (χ1v) is 6.92. The number of aliphatic imine (C=N–C) groups is 1. The molecule has 3 aliphatic rings. The van der Waals surface area contributed by atoms with Crippen LogP contribution in [0.4, 0.5) is 0 Å². The van der Waals surface area contributed by atoms with Gasteiger partial charge in [0.15, 0.2) is 5.84 Å². The van der Waals surface area contributed by atoms with Crippen LogP contribution in [-0.4, -0.2) is 40.1 Å². The first-order chi connectivity index (χ1) is 9.43. The molecule has 0 bridgehead atoms. The van der Waals surface area contributed by atoms with E-state index in [0.29, 0.717) is 0 Å². The number of hydrogen-bond donors (Lipinski definition) is 1. The van der Waals surface area contributed by atoms with Gasteiger partial charge in [0.1, 0.15) is 5.84 Å². The quantitative estimate of drug-likeness (QED) is 0.795. The Morgan fingerprint density at radius 2 is 2.00 bits per heavy atom. The van der Waals surface area contributed by atoms with E-state index in [1.54, 1.807) is 17.0 Å². The Morgan fingerprint density at radius 3 is 2.70 bits per heavy atom. The molecule has 0 aromatic carbocycles. The summed E-state index contributed by atoms with van der Waals surface area (Å²) in [5.41, 5.74) is 1.88. The second kappa shape index (κ2) is 4.31. The number of fused-ring (bicyclic) bond motifs is 2. The molecule has 106 valence electrons. The summed E-state index contributed by atoms with van der Waals surface area (Å²) in [4.78, 5) is 6.49. The molecular weight excluding hydrogens is 252 g/mol. The maximum Gasteiger partial charge on any atom is 0.229 e. The van der Waals surface area contributed by atoms with Crippen molar-refractivity contribution >= 4 is 11.7 Å². The highest BCUT2D eigenvalue weighted by molar-refractivity contribution is 6.14. The van der Waals surface area contributed by atoms with E-state index >= 15 is 0 Å². The molecule has 0 radical (unpaired) electrons. The van der Waals surface area contributed by atoms with Crippen molar-refractivity contribution in [1.82, 2.24) is 9.91 Å². The highest BCUT2D eigenvalue weighted by atomic mass is 16.3. The van der Waals surface area contributed by atoms with E-state index in [9.17, 15) is 5.11 Å².